The molecule has 202 valence electrons. The van der Waals surface area contributed by atoms with Crippen LogP contribution in [0, 0.1) is 6.92 Å². The number of aromatic nitrogens is 1. The van der Waals surface area contributed by atoms with Gasteiger partial charge in [0, 0.05) is 18.7 Å². The molecular weight excluding hydrogens is 529 g/mol. The minimum atomic E-state index is -4.45. The smallest absolute Gasteiger partial charge is 0.369 e. The van der Waals surface area contributed by atoms with Gasteiger partial charge in [0.15, 0.2) is 0 Å². The minimum Gasteiger partial charge on any atom is -0.369 e. The van der Waals surface area contributed by atoms with Crippen LogP contribution in [-0.2, 0) is 16.2 Å². The number of pyridine rings is 1. The molecule has 39 heavy (non-hydrogen) atoms. The van der Waals surface area contributed by atoms with E-state index >= 15 is 0 Å². The Hall–Kier alpha value is -4.22. The summed E-state index contributed by atoms with van der Waals surface area (Å²) in [6.07, 6.45) is -3.00. The summed E-state index contributed by atoms with van der Waals surface area (Å²) in [7, 11) is -3.60. The number of hydrogen-bond donors (Lipinski definition) is 3. The van der Waals surface area contributed by atoms with Crippen LogP contribution in [-0.4, -0.2) is 32.4 Å². The number of carbonyl (C=O) groups excluding carboxylic acids is 1. The lowest BCUT2D eigenvalue weighted by molar-refractivity contribution is -0.137. The Balaban J connectivity index is 1.38. The quantitative estimate of drug-likeness (QED) is 0.230. The molecule has 0 bridgehead atoms. The number of nitrogens with one attached hydrogen (secondary N) is 3. The van der Waals surface area contributed by atoms with Crippen LogP contribution in [0.25, 0.3) is 11.1 Å². The molecule has 0 fully saturated rings. The summed E-state index contributed by atoms with van der Waals surface area (Å²) in [5, 5.41) is 5.77. The number of halogens is 3. The van der Waals surface area contributed by atoms with Crippen molar-refractivity contribution >= 4 is 27.4 Å². The molecule has 0 saturated heterocycles. The molecule has 0 aliphatic carbocycles. The highest BCUT2D eigenvalue weighted by Crippen LogP contribution is 2.33. The monoisotopic (exact) mass is 554 g/mol. The fourth-order valence-electron chi connectivity index (χ4n) is 3.90. The van der Waals surface area contributed by atoms with Gasteiger partial charge in [-0.25, -0.2) is 18.1 Å². The number of alkyl halides is 3. The highest BCUT2D eigenvalue weighted by molar-refractivity contribution is 7.89. The molecule has 0 radical (unpaired) electrons. The third kappa shape index (κ3) is 7.01. The molecule has 0 spiro atoms. The molecule has 3 N–H and O–H groups in total. The maximum Gasteiger partial charge on any atom is 0.416 e. The van der Waals surface area contributed by atoms with Gasteiger partial charge in [0.1, 0.15) is 5.82 Å². The fourth-order valence-corrected chi connectivity index (χ4v) is 4.95. The third-order valence-electron chi connectivity index (χ3n) is 5.82. The normalized spacial score (nSPS) is 11.7. The van der Waals surface area contributed by atoms with Crippen molar-refractivity contribution in [1.82, 2.24) is 9.71 Å². The van der Waals surface area contributed by atoms with Gasteiger partial charge in [-0.2, -0.15) is 13.2 Å². The van der Waals surface area contributed by atoms with E-state index in [1.807, 2.05) is 0 Å². The molecule has 0 unspecified atom stereocenters. The first-order chi connectivity index (χ1) is 18.5. The second kappa shape index (κ2) is 11.7. The molecule has 0 aliphatic heterocycles. The highest BCUT2D eigenvalue weighted by atomic mass is 32.2. The number of carbonyl (C=O) groups is 1. The molecule has 3 aromatic carbocycles. The first-order valence-corrected chi connectivity index (χ1v) is 13.4. The van der Waals surface area contributed by atoms with Crippen molar-refractivity contribution in [3.05, 3.63) is 108 Å². The Morgan fingerprint density at radius 2 is 1.59 bits per heavy atom. The van der Waals surface area contributed by atoms with Crippen molar-refractivity contribution in [3.8, 4) is 11.1 Å². The maximum absolute atomic E-state index is 13.1. The Labute approximate surface area is 224 Å². The van der Waals surface area contributed by atoms with E-state index in [0.717, 1.165) is 17.7 Å². The first-order valence-electron chi connectivity index (χ1n) is 11.9. The van der Waals surface area contributed by atoms with E-state index in [4.69, 9.17) is 0 Å². The van der Waals surface area contributed by atoms with Gasteiger partial charge in [-0.3, -0.25) is 4.79 Å². The zero-order chi connectivity index (χ0) is 28.0. The third-order valence-corrected chi connectivity index (χ3v) is 7.29. The zero-order valence-corrected chi connectivity index (χ0v) is 21.6. The lowest BCUT2D eigenvalue weighted by Crippen LogP contribution is -2.29. The topological polar surface area (TPSA) is 100 Å². The van der Waals surface area contributed by atoms with Crippen molar-refractivity contribution in [2.75, 3.05) is 23.7 Å². The molecule has 0 saturated carbocycles. The van der Waals surface area contributed by atoms with E-state index < -0.39 is 27.7 Å². The summed E-state index contributed by atoms with van der Waals surface area (Å²) in [4.78, 5) is 17.5. The number of nitrogens with zero attached hydrogens (tertiary/aromatic N) is 1. The molecule has 0 aliphatic rings. The summed E-state index contributed by atoms with van der Waals surface area (Å²) in [5.41, 5.74) is 1.72. The van der Waals surface area contributed by atoms with Crippen molar-refractivity contribution in [3.63, 3.8) is 0 Å². The number of aryl methyl sites for hydroxylation is 1. The maximum atomic E-state index is 13.1. The Kier molecular flexibility index (Phi) is 8.32. The molecule has 1 aromatic heterocycles. The van der Waals surface area contributed by atoms with E-state index in [0.29, 0.717) is 28.2 Å². The van der Waals surface area contributed by atoms with Gasteiger partial charge in [-0.15, -0.1) is 0 Å². The van der Waals surface area contributed by atoms with Crippen molar-refractivity contribution in [1.29, 1.82) is 0 Å². The fraction of sp³-hybridized carbons (Fsp3) is 0.143. The average Bonchev–Trinajstić information content (AvgIpc) is 2.92. The summed E-state index contributed by atoms with van der Waals surface area (Å²) >= 11 is 0. The van der Waals surface area contributed by atoms with Crippen LogP contribution < -0.4 is 15.4 Å². The minimum absolute atomic E-state index is 0.136. The standard InChI is InChI=1S/C28H25F3N4O3S/c1-19-6-5-9-24(26(19)20-10-12-21(13-11-20)28(29,30)31)27(36)35-22-14-15-25(33-18-22)32-16-17-34-39(37,38)23-7-3-2-4-8-23/h2-15,18,34H,16-17H2,1H3,(H,32,33)(H,35,36). The van der Waals surface area contributed by atoms with Gasteiger partial charge in [-0.1, -0.05) is 42.5 Å². The second-order valence-corrected chi connectivity index (χ2v) is 10.4. The summed E-state index contributed by atoms with van der Waals surface area (Å²) in [6, 6.07) is 21.1. The van der Waals surface area contributed by atoms with E-state index in [2.05, 4.69) is 20.3 Å². The molecule has 1 heterocycles. The molecule has 11 heteroatoms. The summed E-state index contributed by atoms with van der Waals surface area (Å²) in [6.45, 7) is 2.20. The van der Waals surface area contributed by atoms with Gasteiger partial charge in [0.05, 0.1) is 22.3 Å². The molecule has 1 amide bonds. The Morgan fingerprint density at radius 1 is 0.872 bits per heavy atom. The Bertz CT molecular complexity index is 1540. The number of anilines is 2. The average molecular weight is 555 g/mol. The number of amides is 1. The molecular formula is C28H25F3N4O3S. The van der Waals surface area contributed by atoms with E-state index in [1.165, 1.54) is 30.5 Å². The van der Waals surface area contributed by atoms with Crippen molar-refractivity contribution in [2.45, 2.75) is 18.0 Å². The largest absolute Gasteiger partial charge is 0.416 e. The van der Waals surface area contributed by atoms with Crippen LogP contribution in [0.5, 0.6) is 0 Å². The SMILES string of the molecule is Cc1cccc(C(=O)Nc2ccc(NCCNS(=O)(=O)c3ccccc3)nc2)c1-c1ccc(C(F)(F)F)cc1. The number of rotatable bonds is 9. The van der Waals surface area contributed by atoms with Crippen LogP contribution in [0.4, 0.5) is 24.7 Å². The Morgan fingerprint density at radius 3 is 2.23 bits per heavy atom. The van der Waals surface area contributed by atoms with E-state index in [9.17, 15) is 26.4 Å². The van der Waals surface area contributed by atoms with Crippen molar-refractivity contribution < 1.29 is 26.4 Å². The van der Waals surface area contributed by atoms with Crippen LogP contribution in [0.2, 0.25) is 0 Å². The van der Waals surface area contributed by atoms with E-state index in [-0.39, 0.29) is 18.0 Å². The second-order valence-electron chi connectivity index (χ2n) is 8.60. The van der Waals surface area contributed by atoms with Gasteiger partial charge >= 0.3 is 6.18 Å². The first kappa shape index (κ1) is 27.8. The van der Waals surface area contributed by atoms with Crippen LogP contribution >= 0.6 is 0 Å². The lowest BCUT2D eigenvalue weighted by atomic mass is 9.94. The van der Waals surface area contributed by atoms with Crippen LogP contribution in [0.3, 0.4) is 0 Å². The number of sulfonamides is 1. The summed E-state index contributed by atoms with van der Waals surface area (Å²) in [5.74, 6) is 0.0410. The van der Waals surface area contributed by atoms with Gasteiger partial charge in [-0.05, 0) is 66.1 Å². The lowest BCUT2D eigenvalue weighted by Gasteiger charge is -2.14. The summed E-state index contributed by atoms with van der Waals surface area (Å²) < 4.78 is 65.9. The zero-order valence-electron chi connectivity index (χ0n) is 20.8. The predicted octanol–water partition coefficient (Wildman–Crippen LogP) is 5.72. The number of hydrogen-bond acceptors (Lipinski definition) is 5. The predicted molar refractivity (Wildman–Crippen MR) is 144 cm³/mol. The van der Waals surface area contributed by atoms with Crippen LogP contribution in [0.1, 0.15) is 21.5 Å². The molecule has 4 aromatic rings. The van der Waals surface area contributed by atoms with Gasteiger partial charge in [0.2, 0.25) is 10.0 Å². The molecule has 7 nitrogen and oxygen atoms in total. The highest BCUT2D eigenvalue weighted by Gasteiger charge is 2.30. The molecule has 0 atom stereocenters. The van der Waals surface area contributed by atoms with Crippen LogP contribution in [0.15, 0.2) is 96.0 Å². The van der Waals surface area contributed by atoms with E-state index in [1.54, 1.807) is 55.5 Å². The molecule has 4 rings (SSSR count). The van der Waals surface area contributed by atoms with Crippen molar-refractivity contribution in [2.24, 2.45) is 0 Å². The number of benzene rings is 3. The van der Waals surface area contributed by atoms with Gasteiger partial charge < -0.3 is 10.6 Å². The van der Waals surface area contributed by atoms with Gasteiger partial charge in [0.25, 0.3) is 5.91 Å².